The number of aromatic nitrogens is 6. The number of halogens is 4. The normalized spacial score (nSPS) is 10.9. The predicted molar refractivity (Wildman–Crippen MR) is 85.8 cm³/mol. The minimum Gasteiger partial charge on any atom is -0.351 e. The Balaban J connectivity index is 1.76. The molecule has 0 amide bonds. The van der Waals surface area contributed by atoms with E-state index in [1.54, 1.807) is 0 Å². The molecular weight excluding hydrogens is 374 g/mol. The number of nitrogens with one attached hydrogen (secondary N) is 2. The van der Waals surface area contributed by atoms with E-state index in [0.29, 0.717) is 25.0 Å². The van der Waals surface area contributed by atoms with Gasteiger partial charge in [-0.2, -0.15) is 29.9 Å². The van der Waals surface area contributed by atoms with Crippen molar-refractivity contribution in [2.45, 2.75) is 0 Å². The van der Waals surface area contributed by atoms with Crippen LogP contribution in [-0.4, -0.2) is 43.0 Å². The van der Waals surface area contributed by atoms with Gasteiger partial charge in [0.05, 0.1) is 0 Å². The van der Waals surface area contributed by atoms with Crippen LogP contribution in [-0.2, 0) is 0 Å². The minimum absolute atomic E-state index is 0.0248. The predicted octanol–water partition coefficient (Wildman–Crippen LogP) is 2.75. The number of nitrogens with zero attached hydrogens (tertiary/aromatic N) is 6. The highest BCUT2D eigenvalue weighted by molar-refractivity contribution is 6.31. The van der Waals surface area contributed by atoms with Crippen molar-refractivity contribution in [2.75, 3.05) is 23.7 Å². The van der Waals surface area contributed by atoms with Crippen molar-refractivity contribution in [3.63, 3.8) is 0 Å². The molecule has 2 rings (SSSR count). The van der Waals surface area contributed by atoms with Crippen LogP contribution >= 0.6 is 46.4 Å². The van der Waals surface area contributed by atoms with Gasteiger partial charge in [-0.1, -0.05) is 12.2 Å². The molecule has 0 aliphatic rings. The van der Waals surface area contributed by atoms with E-state index in [2.05, 4.69) is 40.5 Å². The molecular formula is C10H8Cl4N8. The Kier molecular flexibility index (Phi) is 6.32. The first kappa shape index (κ1) is 16.9. The van der Waals surface area contributed by atoms with Crippen LogP contribution < -0.4 is 10.6 Å². The minimum atomic E-state index is 0.0248. The summed E-state index contributed by atoms with van der Waals surface area (Å²) in [6.07, 6.45) is 3.67. The molecule has 0 saturated carbocycles. The molecule has 0 aromatic carbocycles. The Morgan fingerprint density at radius 3 is 1.23 bits per heavy atom. The lowest BCUT2D eigenvalue weighted by atomic mass is 10.5. The summed E-state index contributed by atoms with van der Waals surface area (Å²) in [6.45, 7) is 0.939. The zero-order valence-electron chi connectivity index (χ0n) is 10.8. The lowest BCUT2D eigenvalue weighted by molar-refractivity contribution is 1.03. The number of hydrogen-bond acceptors (Lipinski definition) is 8. The van der Waals surface area contributed by atoms with Gasteiger partial charge in [0.1, 0.15) is 0 Å². The highest BCUT2D eigenvalue weighted by atomic mass is 35.5. The number of anilines is 2. The highest BCUT2D eigenvalue weighted by Gasteiger charge is 2.02. The van der Waals surface area contributed by atoms with Crippen molar-refractivity contribution >= 4 is 58.3 Å². The van der Waals surface area contributed by atoms with Crippen LogP contribution in [0.25, 0.3) is 0 Å². The molecule has 0 saturated heterocycles. The monoisotopic (exact) mass is 380 g/mol. The largest absolute Gasteiger partial charge is 0.351 e. The average molecular weight is 382 g/mol. The Hall–Kier alpha value is -1.48. The summed E-state index contributed by atoms with van der Waals surface area (Å²) in [5.41, 5.74) is 0. The van der Waals surface area contributed by atoms with E-state index < -0.39 is 0 Å². The average Bonchev–Trinajstić information content (AvgIpc) is 2.40. The molecule has 22 heavy (non-hydrogen) atoms. The second kappa shape index (κ2) is 8.23. The van der Waals surface area contributed by atoms with Crippen molar-refractivity contribution in [2.24, 2.45) is 0 Å². The van der Waals surface area contributed by atoms with Gasteiger partial charge in [-0.15, -0.1) is 0 Å². The number of hydrogen-bond donors (Lipinski definition) is 2. The van der Waals surface area contributed by atoms with Crippen LogP contribution in [0.2, 0.25) is 21.1 Å². The molecule has 0 unspecified atom stereocenters. The maximum Gasteiger partial charge on any atom is 0.228 e. The second-order valence-corrected chi connectivity index (χ2v) is 4.98. The summed E-state index contributed by atoms with van der Waals surface area (Å²) in [4.78, 5) is 22.7. The molecule has 2 heterocycles. The van der Waals surface area contributed by atoms with Crippen molar-refractivity contribution in [3.05, 3.63) is 33.3 Å². The fraction of sp³-hybridized carbons (Fsp3) is 0.200. The van der Waals surface area contributed by atoms with Crippen LogP contribution in [0.3, 0.4) is 0 Å². The van der Waals surface area contributed by atoms with E-state index >= 15 is 0 Å². The molecule has 12 heteroatoms. The van der Waals surface area contributed by atoms with Crippen molar-refractivity contribution in [1.29, 1.82) is 0 Å². The zero-order valence-corrected chi connectivity index (χ0v) is 13.8. The summed E-state index contributed by atoms with van der Waals surface area (Å²) in [5.74, 6) is 0.581. The lowest BCUT2D eigenvalue weighted by Gasteiger charge is -2.02. The van der Waals surface area contributed by atoms with Crippen LogP contribution in [0.5, 0.6) is 0 Å². The first-order valence-electron chi connectivity index (χ1n) is 5.80. The third-order valence-corrected chi connectivity index (χ3v) is 2.76. The van der Waals surface area contributed by atoms with Crippen molar-refractivity contribution < 1.29 is 0 Å². The molecule has 0 spiro atoms. The van der Waals surface area contributed by atoms with Crippen LogP contribution in [0.4, 0.5) is 11.9 Å². The fourth-order valence-electron chi connectivity index (χ4n) is 1.28. The molecule has 2 N–H and O–H groups in total. The summed E-state index contributed by atoms with van der Waals surface area (Å²) in [7, 11) is 0. The van der Waals surface area contributed by atoms with Gasteiger partial charge in [-0.3, -0.25) is 0 Å². The summed E-state index contributed by atoms with van der Waals surface area (Å²) >= 11 is 22.6. The first-order chi connectivity index (χ1) is 10.5. The standard InChI is InChI=1S/C10H8Cl4N8/c11-5-17-6(12)20-9(19-5)15-3-1-2-4-16-10-21-7(13)18-8(14)22-10/h1-2H,3-4H2,(H,15,17,19,20)(H,16,18,21,22)/b2-1-. The smallest absolute Gasteiger partial charge is 0.228 e. The molecule has 2 aromatic heterocycles. The molecule has 0 bridgehead atoms. The van der Waals surface area contributed by atoms with Crippen LogP contribution in [0.15, 0.2) is 12.2 Å². The molecule has 0 aliphatic heterocycles. The third kappa shape index (κ3) is 5.72. The summed E-state index contributed by atoms with van der Waals surface area (Å²) in [5, 5.41) is 5.93. The number of rotatable bonds is 6. The van der Waals surface area contributed by atoms with Gasteiger partial charge < -0.3 is 10.6 Å². The Labute approximate surface area is 145 Å². The molecule has 8 nitrogen and oxygen atoms in total. The van der Waals surface area contributed by atoms with E-state index in [0.717, 1.165) is 0 Å². The Bertz CT molecular complexity index is 582. The first-order valence-corrected chi connectivity index (χ1v) is 7.31. The van der Waals surface area contributed by atoms with Gasteiger partial charge in [-0.05, 0) is 46.4 Å². The third-order valence-electron chi connectivity index (χ3n) is 2.08. The molecule has 2 aromatic rings. The second-order valence-electron chi connectivity index (χ2n) is 3.63. The van der Waals surface area contributed by atoms with E-state index in [1.165, 1.54) is 0 Å². The van der Waals surface area contributed by atoms with Crippen LogP contribution in [0.1, 0.15) is 0 Å². The lowest BCUT2D eigenvalue weighted by Crippen LogP contribution is -2.07. The topological polar surface area (TPSA) is 101 Å². The van der Waals surface area contributed by atoms with Gasteiger partial charge in [-0.25, -0.2) is 0 Å². The maximum absolute atomic E-state index is 5.65. The maximum atomic E-state index is 5.65. The van der Waals surface area contributed by atoms with Gasteiger partial charge in [0.2, 0.25) is 33.0 Å². The molecule has 116 valence electrons. The summed E-state index contributed by atoms with van der Waals surface area (Å²) in [6, 6.07) is 0. The van der Waals surface area contributed by atoms with E-state index in [-0.39, 0.29) is 21.1 Å². The van der Waals surface area contributed by atoms with Crippen LogP contribution in [0, 0.1) is 0 Å². The molecule has 0 atom stereocenters. The van der Waals surface area contributed by atoms with Gasteiger partial charge in [0.15, 0.2) is 0 Å². The van der Waals surface area contributed by atoms with Crippen molar-refractivity contribution in [3.8, 4) is 0 Å². The van der Waals surface area contributed by atoms with Gasteiger partial charge in [0.25, 0.3) is 0 Å². The quantitative estimate of drug-likeness (QED) is 0.736. The van der Waals surface area contributed by atoms with E-state index in [4.69, 9.17) is 46.4 Å². The van der Waals surface area contributed by atoms with Crippen molar-refractivity contribution in [1.82, 2.24) is 29.9 Å². The van der Waals surface area contributed by atoms with E-state index in [9.17, 15) is 0 Å². The Morgan fingerprint density at radius 1 is 0.591 bits per heavy atom. The SMILES string of the molecule is Clc1nc(Cl)nc(NC/C=C\CNc2nc(Cl)nc(Cl)n2)n1. The zero-order chi connectivity index (χ0) is 15.9. The molecule has 0 radical (unpaired) electrons. The molecule has 0 aliphatic carbocycles. The fourth-order valence-corrected chi connectivity index (χ4v) is 2.00. The summed E-state index contributed by atoms with van der Waals surface area (Å²) < 4.78 is 0. The molecule has 0 fully saturated rings. The van der Waals surface area contributed by atoms with Gasteiger partial charge in [0, 0.05) is 13.1 Å². The highest BCUT2D eigenvalue weighted by Crippen LogP contribution is 2.10. The van der Waals surface area contributed by atoms with E-state index in [1.807, 2.05) is 12.2 Å². The van der Waals surface area contributed by atoms with Gasteiger partial charge >= 0.3 is 0 Å². The Morgan fingerprint density at radius 2 is 0.909 bits per heavy atom.